The average molecular weight is 360 g/mol. The molecule has 26 heavy (non-hydrogen) atoms. The summed E-state index contributed by atoms with van der Waals surface area (Å²) in [6, 6.07) is 0. The maximum Gasteiger partial charge on any atom is 0.322 e. The van der Waals surface area contributed by atoms with Crippen molar-refractivity contribution in [1.29, 1.82) is 0 Å². The predicted octanol–water partition coefficient (Wildman–Crippen LogP) is 4.16. The molecule has 0 unspecified atom stereocenters. The normalized spacial score (nSPS) is 44.3. The minimum absolute atomic E-state index is 0.0678. The second kappa shape index (κ2) is 6.38. The molecule has 144 valence electrons. The summed E-state index contributed by atoms with van der Waals surface area (Å²) in [5, 5.41) is 11.5. The van der Waals surface area contributed by atoms with Gasteiger partial charge in [-0.05, 0) is 74.0 Å². The van der Waals surface area contributed by atoms with E-state index < -0.39 is 5.97 Å². The van der Waals surface area contributed by atoms with Crippen molar-refractivity contribution in [2.24, 2.45) is 34.5 Å². The number of allylic oxidation sites excluding steroid dienone is 1. The van der Waals surface area contributed by atoms with Gasteiger partial charge in [0, 0.05) is 11.0 Å². The summed E-state index contributed by atoms with van der Waals surface area (Å²) in [7, 11) is 0. The number of fused-ring (bicyclic) bond motifs is 5. The van der Waals surface area contributed by atoms with Gasteiger partial charge in [-0.2, -0.15) is 0 Å². The molecule has 0 spiro atoms. The number of carboxylic acids is 1. The topological polar surface area (TPSA) is 66.4 Å². The van der Waals surface area contributed by atoms with Gasteiger partial charge in [0.1, 0.15) is 6.54 Å². The Bertz CT molecular complexity index is 641. The second-order valence-electron chi connectivity index (χ2n) is 9.79. The van der Waals surface area contributed by atoms with Crippen molar-refractivity contribution in [2.75, 3.05) is 6.54 Å². The van der Waals surface area contributed by atoms with Crippen LogP contribution in [0.3, 0.4) is 0 Å². The maximum absolute atomic E-state index is 12.6. The molecule has 0 aromatic heterocycles. The van der Waals surface area contributed by atoms with E-state index in [4.69, 9.17) is 5.11 Å². The van der Waals surface area contributed by atoms with Crippen LogP contribution in [0, 0.1) is 34.5 Å². The standard InChI is InChI=1S/C22H33NO3/c1-21-11-4-3-5-14(21)6-7-15-16-8-9-18(20(26)23-13-19(24)25)22(16,2)12-10-17(15)21/h9,14-17H,3-8,10-13H2,1-2H3,(H,23,26)(H,24,25)/t14-,15+,16+,17+,21+,22+/m1/s1. The highest BCUT2D eigenvalue weighted by atomic mass is 16.4. The SMILES string of the molecule is C[C@]12CCCC[C@@H]1CC[C@@H]1[C@@H]2CC[C@]2(C)C(C(=O)NCC(=O)O)=CC[C@@H]12. The van der Waals surface area contributed by atoms with Gasteiger partial charge in [-0.25, -0.2) is 0 Å². The molecule has 4 aliphatic rings. The molecule has 0 radical (unpaired) electrons. The molecule has 3 fully saturated rings. The third kappa shape index (κ3) is 2.63. The molecule has 0 saturated heterocycles. The van der Waals surface area contributed by atoms with Crippen molar-refractivity contribution in [3.8, 4) is 0 Å². The largest absolute Gasteiger partial charge is 0.480 e. The van der Waals surface area contributed by atoms with Crippen LogP contribution in [0.1, 0.15) is 71.6 Å². The lowest BCUT2D eigenvalue weighted by Gasteiger charge is -2.60. The van der Waals surface area contributed by atoms with Gasteiger partial charge in [0.15, 0.2) is 0 Å². The van der Waals surface area contributed by atoms with E-state index in [1.807, 2.05) is 0 Å². The Labute approximate surface area is 156 Å². The Balaban J connectivity index is 1.54. The minimum atomic E-state index is -0.981. The van der Waals surface area contributed by atoms with Gasteiger partial charge in [-0.1, -0.05) is 32.8 Å². The molecule has 0 bridgehead atoms. The molecule has 0 aromatic rings. The van der Waals surface area contributed by atoms with Crippen LogP contribution in [0.2, 0.25) is 0 Å². The first kappa shape index (κ1) is 18.1. The van der Waals surface area contributed by atoms with Gasteiger partial charge in [0.05, 0.1) is 0 Å². The van der Waals surface area contributed by atoms with Gasteiger partial charge in [0.25, 0.3) is 0 Å². The number of carbonyl (C=O) groups is 2. The van der Waals surface area contributed by atoms with E-state index >= 15 is 0 Å². The van der Waals surface area contributed by atoms with E-state index in [1.165, 1.54) is 44.9 Å². The number of aliphatic carboxylic acids is 1. The lowest BCUT2D eigenvalue weighted by atomic mass is 9.45. The number of carbonyl (C=O) groups excluding carboxylic acids is 1. The second-order valence-corrected chi connectivity index (χ2v) is 9.79. The molecule has 0 heterocycles. The Hall–Kier alpha value is -1.32. The van der Waals surface area contributed by atoms with Crippen LogP contribution >= 0.6 is 0 Å². The summed E-state index contributed by atoms with van der Waals surface area (Å²) in [5.74, 6) is 1.88. The van der Waals surface area contributed by atoms with Crippen molar-refractivity contribution in [3.63, 3.8) is 0 Å². The van der Waals surface area contributed by atoms with Crippen LogP contribution in [0.15, 0.2) is 11.6 Å². The predicted molar refractivity (Wildman–Crippen MR) is 100 cm³/mol. The van der Waals surface area contributed by atoms with Gasteiger partial charge < -0.3 is 10.4 Å². The zero-order valence-corrected chi connectivity index (χ0v) is 16.2. The molecule has 2 N–H and O–H groups in total. The molecule has 1 amide bonds. The molecule has 0 aliphatic heterocycles. The summed E-state index contributed by atoms with van der Waals surface area (Å²) in [6.07, 6.45) is 13.7. The van der Waals surface area contributed by atoms with Crippen LogP contribution in [0.25, 0.3) is 0 Å². The smallest absolute Gasteiger partial charge is 0.322 e. The summed E-state index contributed by atoms with van der Waals surface area (Å²) >= 11 is 0. The van der Waals surface area contributed by atoms with E-state index in [0.717, 1.165) is 36.2 Å². The van der Waals surface area contributed by atoms with Crippen molar-refractivity contribution in [2.45, 2.75) is 71.6 Å². The van der Waals surface area contributed by atoms with Gasteiger partial charge in [-0.15, -0.1) is 0 Å². The summed E-state index contributed by atoms with van der Waals surface area (Å²) in [6.45, 7) is 4.55. The lowest BCUT2D eigenvalue weighted by Crippen LogP contribution is -2.53. The van der Waals surface area contributed by atoms with Crippen LogP contribution in [-0.2, 0) is 9.59 Å². The first-order chi connectivity index (χ1) is 12.4. The molecule has 4 rings (SSSR count). The molecule has 3 saturated carbocycles. The average Bonchev–Trinajstić information content (AvgIpc) is 2.96. The highest BCUT2D eigenvalue weighted by Crippen LogP contribution is 2.66. The summed E-state index contributed by atoms with van der Waals surface area (Å²) < 4.78 is 0. The number of hydrogen-bond donors (Lipinski definition) is 2. The first-order valence-corrected chi connectivity index (χ1v) is 10.6. The first-order valence-electron chi connectivity index (χ1n) is 10.6. The van der Waals surface area contributed by atoms with E-state index in [0.29, 0.717) is 11.3 Å². The summed E-state index contributed by atoms with van der Waals surface area (Å²) in [4.78, 5) is 23.4. The Morgan fingerprint density at radius 1 is 1.12 bits per heavy atom. The number of carboxylic acid groups (broad SMARTS) is 1. The lowest BCUT2D eigenvalue weighted by molar-refractivity contribution is -0.137. The molecule has 0 aromatic carbocycles. The molecular weight excluding hydrogens is 326 g/mol. The number of amides is 1. The third-order valence-corrected chi connectivity index (χ3v) is 8.81. The monoisotopic (exact) mass is 359 g/mol. The van der Waals surface area contributed by atoms with Crippen molar-refractivity contribution in [3.05, 3.63) is 11.6 Å². The van der Waals surface area contributed by atoms with E-state index in [-0.39, 0.29) is 17.9 Å². The number of nitrogens with one attached hydrogen (secondary N) is 1. The number of hydrogen-bond acceptors (Lipinski definition) is 2. The van der Waals surface area contributed by atoms with Crippen LogP contribution in [0.5, 0.6) is 0 Å². The molecular formula is C22H33NO3. The van der Waals surface area contributed by atoms with Crippen molar-refractivity contribution >= 4 is 11.9 Å². The maximum atomic E-state index is 12.6. The quantitative estimate of drug-likeness (QED) is 0.795. The zero-order valence-electron chi connectivity index (χ0n) is 16.2. The van der Waals surface area contributed by atoms with Crippen LogP contribution in [-0.4, -0.2) is 23.5 Å². The minimum Gasteiger partial charge on any atom is -0.480 e. The van der Waals surface area contributed by atoms with Gasteiger partial charge in [-0.3, -0.25) is 9.59 Å². The molecule has 4 aliphatic carbocycles. The summed E-state index contributed by atoms with van der Waals surface area (Å²) in [5.41, 5.74) is 1.30. The third-order valence-electron chi connectivity index (χ3n) is 8.81. The van der Waals surface area contributed by atoms with E-state index in [9.17, 15) is 9.59 Å². The molecule has 4 nitrogen and oxygen atoms in total. The van der Waals surface area contributed by atoms with Crippen LogP contribution < -0.4 is 5.32 Å². The zero-order chi connectivity index (χ0) is 18.5. The van der Waals surface area contributed by atoms with Crippen molar-refractivity contribution in [1.82, 2.24) is 5.32 Å². The Kier molecular flexibility index (Phi) is 4.44. The van der Waals surface area contributed by atoms with Crippen molar-refractivity contribution < 1.29 is 14.7 Å². The fourth-order valence-corrected chi connectivity index (χ4v) is 7.47. The Morgan fingerprint density at radius 3 is 2.69 bits per heavy atom. The van der Waals surface area contributed by atoms with Gasteiger partial charge >= 0.3 is 5.97 Å². The van der Waals surface area contributed by atoms with E-state index in [1.54, 1.807) is 0 Å². The van der Waals surface area contributed by atoms with Crippen LogP contribution in [0.4, 0.5) is 0 Å². The van der Waals surface area contributed by atoms with Gasteiger partial charge in [0.2, 0.25) is 5.91 Å². The molecule has 4 heteroatoms. The fourth-order valence-electron chi connectivity index (χ4n) is 7.47. The highest BCUT2D eigenvalue weighted by Gasteiger charge is 2.58. The highest BCUT2D eigenvalue weighted by molar-refractivity contribution is 5.96. The molecule has 6 atom stereocenters. The Morgan fingerprint density at radius 2 is 1.92 bits per heavy atom. The fraction of sp³-hybridized carbons (Fsp3) is 0.818. The van der Waals surface area contributed by atoms with E-state index in [2.05, 4.69) is 25.2 Å². The number of rotatable bonds is 3.